The van der Waals surface area contributed by atoms with E-state index >= 15 is 0 Å². The number of carbonyl (C=O) groups is 1. The number of likely N-dealkylation sites (tertiary alicyclic amines) is 1. The van der Waals surface area contributed by atoms with Crippen molar-refractivity contribution in [1.29, 1.82) is 0 Å². The molecule has 0 unspecified atom stereocenters. The molecule has 3 N–H and O–H groups in total. The second kappa shape index (κ2) is 8.43. The number of nitrogens with one attached hydrogen (secondary N) is 3. The number of benzene rings is 2. The van der Waals surface area contributed by atoms with Gasteiger partial charge in [-0.15, -0.1) is 0 Å². The molecule has 1 fully saturated rings. The molecule has 0 atom stereocenters. The summed E-state index contributed by atoms with van der Waals surface area (Å²) in [6, 6.07) is 13.7. The van der Waals surface area contributed by atoms with Crippen LogP contribution in [0.4, 0.5) is 11.4 Å². The lowest BCUT2D eigenvalue weighted by molar-refractivity contribution is -0.897. The number of aromatic nitrogens is 2. The van der Waals surface area contributed by atoms with Crippen LogP contribution in [-0.4, -0.2) is 49.6 Å². The molecule has 3 aromatic rings. The van der Waals surface area contributed by atoms with Gasteiger partial charge in [0.05, 0.1) is 24.1 Å². The minimum Gasteiger partial charge on any atom is -0.378 e. The van der Waals surface area contributed by atoms with Crippen molar-refractivity contribution in [3.05, 3.63) is 53.3 Å². The largest absolute Gasteiger partial charge is 0.378 e. The number of fused-ring (bicyclic) bond motifs is 1. The van der Waals surface area contributed by atoms with Crippen LogP contribution in [-0.2, 0) is 4.79 Å². The minimum atomic E-state index is 0.0643. The van der Waals surface area contributed by atoms with Gasteiger partial charge in [-0.3, -0.25) is 4.79 Å². The quantitative estimate of drug-likeness (QED) is 0.603. The van der Waals surface area contributed by atoms with Crippen molar-refractivity contribution in [2.75, 3.05) is 43.9 Å². The van der Waals surface area contributed by atoms with E-state index in [1.807, 2.05) is 61.5 Å². The molecule has 0 saturated carbocycles. The molecule has 1 saturated heterocycles. The molecule has 1 aliphatic heterocycles. The fourth-order valence-electron chi connectivity index (χ4n) is 3.95. The maximum atomic E-state index is 12.4. The summed E-state index contributed by atoms with van der Waals surface area (Å²) in [5, 5.41) is 3.73. The van der Waals surface area contributed by atoms with Gasteiger partial charge in [-0.05, 0) is 42.5 Å². The Labute approximate surface area is 175 Å². The maximum Gasteiger partial charge on any atom is 0.279 e. The number of anilines is 2. The van der Waals surface area contributed by atoms with Crippen LogP contribution in [0.1, 0.15) is 24.6 Å². The fourth-order valence-corrected chi connectivity index (χ4v) is 4.12. The third-order valence-electron chi connectivity index (χ3n) is 5.62. The SMILES string of the molecule is CN(C)c1ccc(NC(=O)C[NH+]2CCC(c3nc4ccc(Cl)cc4[nH]3)CC2)cc1. The summed E-state index contributed by atoms with van der Waals surface area (Å²) < 4.78 is 0. The van der Waals surface area contributed by atoms with Crippen LogP contribution in [0.5, 0.6) is 0 Å². The van der Waals surface area contributed by atoms with Gasteiger partial charge in [0.15, 0.2) is 6.54 Å². The van der Waals surface area contributed by atoms with E-state index in [1.165, 1.54) is 4.90 Å². The van der Waals surface area contributed by atoms with E-state index in [-0.39, 0.29) is 5.91 Å². The van der Waals surface area contributed by atoms with Gasteiger partial charge in [-0.25, -0.2) is 4.98 Å². The van der Waals surface area contributed by atoms with Crippen LogP contribution in [0, 0.1) is 0 Å². The zero-order chi connectivity index (χ0) is 20.4. The van der Waals surface area contributed by atoms with Gasteiger partial charge in [0, 0.05) is 49.3 Å². The van der Waals surface area contributed by atoms with E-state index in [4.69, 9.17) is 16.6 Å². The number of imidazole rings is 1. The van der Waals surface area contributed by atoms with Crippen molar-refractivity contribution >= 4 is 39.9 Å². The Morgan fingerprint density at radius 1 is 1.21 bits per heavy atom. The van der Waals surface area contributed by atoms with Crippen LogP contribution >= 0.6 is 11.6 Å². The third kappa shape index (κ3) is 4.71. The molecule has 1 aromatic heterocycles. The average Bonchev–Trinajstić information content (AvgIpc) is 3.12. The molecule has 6 nitrogen and oxygen atoms in total. The van der Waals surface area contributed by atoms with E-state index < -0.39 is 0 Å². The van der Waals surface area contributed by atoms with Gasteiger partial charge >= 0.3 is 0 Å². The molecular formula is C22H27ClN5O+. The molecule has 0 aliphatic carbocycles. The van der Waals surface area contributed by atoms with E-state index in [0.29, 0.717) is 17.5 Å². The van der Waals surface area contributed by atoms with Crippen LogP contribution in [0.15, 0.2) is 42.5 Å². The first-order valence-corrected chi connectivity index (χ1v) is 10.4. The highest BCUT2D eigenvalue weighted by Crippen LogP contribution is 2.25. The molecule has 2 heterocycles. The maximum absolute atomic E-state index is 12.4. The topological polar surface area (TPSA) is 65.5 Å². The lowest BCUT2D eigenvalue weighted by atomic mass is 9.96. The van der Waals surface area contributed by atoms with Gasteiger partial charge in [-0.2, -0.15) is 0 Å². The molecule has 0 bridgehead atoms. The van der Waals surface area contributed by atoms with Gasteiger partial charge in [-0.1, -0.05) is 11.6 Å². The molecule has 2 aromatic carbocycles. The molecule has 7 heteroatoms. The van der Waals surface area contributed by atoms with Crippen molar-refractivity contribution in [2.24, 2.45) is 0 Å². The Morgan fingerprint density at radius 3 is 2.62 bits per heavy atom. The van der Waals surface area contributed by atoms with E-state index in [0.717, 1.165) is 54.2 Å². The molecule has 29 heavy (non-hydrogen) atoms. The zero-order valence-electron chi connectivity index (χ0n) is 16.8. The van der Waals surface area contributed by atoms with Crippen molar-refractivity contribution in [3.63, 3.8) is 0 Å². The summed E-state index contributed by atoms with van der Waals surface area (Å²) in [5.41, 5.74) is 3.90. The number of halogens is 1. The molecular weight excluding hydrogens is 386 g/mol. The van der Waals surface area contributed by atoms with Gasteiger partial charge in [0.2, 0.25) is 0 Å². The predicted octanol–water partition coefficient (Wildman–Crippen LogP) is 2.68. The molecule has 4 rings (SSSR count). The van der Waals surface area contributed by atoms with Gasteiger partial charge in [0.1, 0.15) is 5.82 Å². The zero-order valence-corrected chi connectivity index (χ0v) is 17.6. The normalized spacial score (nSPS) is 19.3. The number of H-pyrrole nitrogens is 1. The molecule has 1 aliphatic rings. The third-order valence-corrected chi connectivity index (χ3v) is 5.85. The Hall–Kier alpha value is -2.57. The number of carbonyl (C=O) groups excluding carboxylic acids is 1. The standard InChI is InChI=1S/C22H26ClN5O/c1-27(2)18-6-4-17(5-7-18)24-21(29)14-28-11-9-15(10-12-28)22-25-19-8-3-16(23)13-20(19)26-22/h3-8,13,15H,9-12,14H2,1-2H3,(H,24,29)(H,25,26)/p+1. The van der Waals surface area contributed by atoms with Gasteiger partial charge in [0.25, 0.3) is 5.91 Å². The van der Waals surface area contributed by atoms with Crippen LogP contribution < -0.4 is 15.1 Å². The number of piperidine rings is 1. The number of hydrogen-bond acceptors (Lipinski definition) is 3. The molecule has 0 radical (unpaired) electrons. The second-order valence-electron chi connectivity index (χ2n) is 7.97. The van der Waals surface area contributed by atoms with Gasteiger partial charge < -0.3 is 20.1 Å². The number of amides is 1. The van der Waals surface area contributed by atoms with Crippen LogP contribution in [0.2, 0.25) is 5.02 Å². The number of aromatic amines is 1. The number of nitrogens with zero attached hydrogens (tertiary/aromatic N) is 2. The number of quaternary nitrogens is 1. The summed E-state index contributed by atoms with van der Waals surface area (Å²) >= 11 is 6.07. The molecule has 152 valence electrons. The van der Waals surface area contributed by atoms with E-state index in [1.54, 1.807) is 0 Å². The lowest BCUT2D eigenvalue weighted by Gasteiger charge is -2.27. The Bertz CT molecular complexity index is 990. The van der Waals surface area contributed by atoms with Crippen LogP contribution in [0.25, 0.3) is 11.0 Å². The first kappa shape index (κ1) is 19.7. The Morgan fingerprint density at radius 2 is 1.93 bits per heavy atom. The minimum absolute atomic E-state index is 0.0643. The highest BCUT2D eigenvalue weighted by atomic mass is 35.5. The first-order valence-electron chi connectivity index (χ1n) is 10.0. The lowest BCUT2D eigenvalue weighted by Crippen LogP contribution is -3.14. The van der Waals surface area contributed by atoms with E-state index in [2.05, 4.69) is 10.3 Å². The summed E-state index contributed by atoms with van der Waals surface area (Å²) in [6.07, 6.45) is 2.04. The summed E-state index contributed by atoms with van der Waals surface area (Å²) in [5.74, 6) is 1.51. The van der Waals surface area contributed by atoms with Crippen molar-refractivity contribution in [3.8, 4) is 0 Å². The van der Waals surface area contributed by atoms with Crippen LogP contribution in [0.3, 0.4) is 0 Å². The average molecular weight is 413 g/mol. The second-order valence-corrected chi connectivity index (χ2v) is 8.41. The Kier molecular flexibility index (Phi) is 5.74. The highest BCUT2D eigenvalue weighted by Gasteiger charge is 2.27. The predicted molar refractivity (Wildman–Crippen MR) is 118 cm³/mol. The van der Waals surface area contributed by atoms with Crippen molar-refractivity contribution < 1.29 is 9.69 Å². The van der Waals surface area contributed by atoms with Crippen molar-refractivity contribution in [1.82, 2.24) is 9.97 Å². The highest BCUT2D eigenvalue weighted by molar-refractivity contribution is 6.31. The van der Waals surface area contributed by atoms with E-state index in [9.17, 15) is 4.79 Å². The molecule has 1 amide bonds. The summed E-state index contributed by atoms with van der Waals surface area (Å²) in [6.45, 7) is 2.43. The summed E-state index contributed by atoms with van der Waals surface area (Å²) in [4.78, 5) is 23.9. The molecule has 0 spiro atoms. The smallest absolute Gasteiger partial charge is 0.279 e. The monoisotopic (exact) mass is 412 g/mol. The summed E-state index contributed by atoms with van der Waals surface area (Å²) in [7, 11) is 4.00. The Balaban J connectivity index is 1.29. The fraction of sp³-hybridized carbons (Fsp3) is 0.364. The number of rotatable bonds is 5. The van der Waals surface area contributed by atoms with Crippen molar-refractivity contribution in [2.45, 2.75) is 18.8 Å². The first-order chi connectivity index (χ1) is 14.0. The number of hydrogen-bond donors (Lipinski definition) is 3.